The first-order valence-corrected chi connectivity index (χ1v) is 5.89. The summed E-state index contributed by atoms with van der Waals surface area (Å²) in [5.74, 6) is 0.807. The lowest BCUT2D eigenvalue weighted by Crippen LogP contribution is -2.33. The third kappa shape index (κ3) is 8.68. The second-order valence-corrected chi connectivity index (χ2v) is 5.31. The summed E-state index contributed by atoms with van der Waals surface area (Å²) in [5.41, 5.74) is 5.21. The maximum Gasteiger partial charge on any atom is 0.293 e. The highest BCUT2D eigenvalue weighted by Gasteiger charge is 2.13. The number of piperidine rings is 1. The Labute approximate surface area is 99.1 Å². The Kier molecular flexibility index (Phi) is 7.34. The van der Waals surface area contributed by atoms with Gasteiger partial charge in [0.05, 0.1) is 0 Å². The van der Waals surface area contributed by atoms with Gasteiger partial charge in [-0.25, -0.2) is 0 Å². The zero-order valence-electron chi connectivity index (χ0n) is 11.0. The highest BCUT2D eigenvalue weighted by atomic mass is 16.5. The number of carbonyl (C=O) groups excluding carboxylic acids is 1. The molecule has 0 saturated carbocycles. The molecule has 0 spiro atoms. The molecule has 0 radical (unpaired) electrons. The molecule has 0 aromatic carbocycles. The molecule has 1 rings (SSSR count). The fourth-order valence-electron chi connectivity index (χ4n) is 1.44. The summed E-state index contributed by atoms with van der Waals surface area (Å²) in [6.07, 6.45) is 2.60. The molecule has 0 unspecified atom stereocenters. The number of hydrogen-bond donors (Lipinski definition) is 1. The standard InChI is InChI=1S/C7H16N2.C5H10O2/c1-9-4-2-7(6-8)3-5-9;1-5(2,3)7-4-6/h7H,2-6,8H2,1H3;4H,1-3H3. The van der Waals surface area contributed by atoms with E-state index in [9.17, 15) is 4.79 Å². The van der Waals surface area contributed by atoms with Gasteiger partial charge in [-0.1, -0.05) is 0 Å². The van der Waals surface area contributed by atoms with Gasteiger partial charge in [0.2, 0.25) is 0 Å². The maximum absolute atomic E-state index is 9.60. The van der Waals surface area contributed by atoms with Gasteiger partial charge in [-0.2, -0.15) is 0 Å². The van der Waals surface area contributed by atoms with E-state index in [0.29, 0.717) is 6.47 Å². The van der Waals surface area contributed by atoms with Crippen LogP contribution < -0.4 is 5.73 Å². The van der Waals surface area contributed by atoms with Crippen molar-refractivity contribution >= 4 is 6.47 Å². The Balaban J connectivity index is 0.000000293. The van der Waals surface area contributed by atoms with Crippen LogP contribution in [0.3, 0.4) is 0 Å². The minimum atomic E-state index is -0.318. The molecule has 4 heteroatoms. The quantitative estimate of drug-likeness (QED) is 0.725. The predicted molar refractivity (Wildman–Crippen MR) is 66.2 cm³/mol. The van der Waals surface area contributed by atoms with Gasteiger partial charge in [-0.05, 0) is 66.2 Å². The highest BCUT2D eigenvalue weighted by Crippen LogP contribution is 2.13. The molecule has 16 heavy (non-hydrogen) atoms. The second-order valence-electron chi connectivity index (χ2n) is 5.31. The van der Waals surface area contributed by atoms with Crippen LogP contribution in [-0.2, 0) is 9.53 Å². The summed E-state index contributed by atoms with van der Waals surface area (Å²) < 4.78 is 4.55. The first-order valence-electron chi connectivity index (χ1n) is 5.89. The fraction of sp³-hybridized carbons (Fsp3) is 0.917. The van der Waals surface area contributed by atoms with Crippen LogP contribution in [0.2, 0.25) is 0 Å². The third-order valence-corrected chi connectivity index (χ3v) is 2.57. The summed E-state index contributed by atoms with van der Waals surface area (Å²) in [6.45, 7) is 9.28. The van der Waals surface area contributed by atoms with Gasteiger partial charge in [0, 0.05) is 0 Å². The predicted octanol–water partition coefficient (Wildman–Crippen LogP) is 1.24. The number of ether oxygens (including phenoxy) is 1. The van der Waals surface area contributed by atoms with Crippen molar-refractivity contribution in [3.8, 4) is 0 Å². The number of rotatable bonds is 2. The monoisotopic (exact) mass is 230 g/mol. The third-order valence-electron chi connectivity index (χ3n) is 2.57. The van der Waals surface area contributed by atoms with Gasteiger partial charge in [-0.3, -0.25) is 4.79 Å². The molecule has 0 atom stereocenters. The average molecular weight is 230 g/mol. The van der Waals surface area contributed by atoms with E-state index < -0.39 is 0 Å². The van der Waals surface area contributed by atoms with E-state index in [1.54, 1.807) is 0 Å². The number of nitrogens with zero attached hydrogens (tertiary/aromatic N) is 1. The topological polar surface area (TPSA) is 55.6 Å². The first kappa shape index (κ1) is 15.4. The van der Waals surface area contributed by atoms with Crippen molar-refractivity contribution in [3.05, 3.63) is 0 Å². The van der Waals surface area contributed by atoms with Crippen LogP contribution in [0.15, 0.2) is 0 Å². The fourth-order valence-corrected chi connectivity index (χ4v) is 1.44. The molecule has 1 aliphatic rings. The largest absolute Gasteiger partial charge is 0.462 e. The van der Waals surface area contributed by atoms with Gasteiger partial charge in [0.15, 0.2) is 0 Å². The lowest BCUT2D eigenvalue weighted by atomic mass is 9.98. The van der Waals surface area contributed by atoms with Gasteiger partial charge >= 0.3 is 0 Å². The SMILES string of the molecule is CC(C)(C)OC=O.CN1CCC(CN)CC1. The molecule has 0 amide bonds. The Morgan fingerprint density at radius 3 is 2.12 bits per heavy atom. The normalized spacial score (nSPS) is 18.6. The Hall–Kier alpha value is -0.610. The van der Waals surface area contributed by atoms with Gasteiger partial charge in [0.1, 0.15) is 5.60 Å². The molecule has 1 aliphatic heterocycles. The lowest BCUT2D eigenvalue weighted by molar-refractivity contribution is -0.138. The van der Waals surface area contributed by atoms with E-state index >= 15 is 0 Å². The van der Waals surface area contributed by atoms with Crippen molar-refractivity contribution in [2.75, 3.05) is 26.7 Å². The number of nitrogens with two attached hydrogens (primary N) is 1. The average Bonchev–Trinajstić information content (AvgIpc) is 2.18. The first-order chi connectivity index (χ1) is 7.39. The molecular weight excluding hydrogens is 204 g/mol. The Morgan fingerprint density at radius 2 is 1.88 bits per heavy atom. The van der Waals surface area contributed by atoms with E-state index in [2.05, 4.69) is 16.7 Å². The number of likely N-dealkylation sites (tertiary alicyclic amines) is 1. The Bertz CT molecular complexity index is 182. The lowest BCUT2D eigenvalue weighted by Gasteiger charge is -2.27. The molecule has 0 bridgehead atoms. The highest BCUT2D eigenvalue weighted by molar-refractivity contribution is 5.37. The van der Waals surface area contributed by atoms with Crippen molar-refractivity contribution < 1.29 is 9.53 Å². The van der Waals surface area contributed by atoms with Crippen molar-refractivity contribution in [1.82, 2.24) is 4.90 Å². The van der Waals surface area contributed by atoms with E-state index in [1.807, 2.05) is 20.8 Å². The van der Waals surface area contributed by atoms with Gasteiger partial charge in [0.25, 0.3) is 6.47 Å². The molecule has 2 N–H and O–H groups in total. The molecule has 1 heterocycles. The smallest absolute Gasteiger partial charge is 0.293 e. The summed E-state index contributed by atoms with van der Waals surface area (Å²) in [7, 11) is 2.17. The van der Waals surface area contributed by atoms with Crippen molar-refractivity contribution in [1.29, 1.82) is 0 Å². The van der Waals surface area contributed by atoms with Gasteiger partial charge < -0.3 is 15.4 Å². The minimum Gasteiger partial charge on any atom is -0.462 e. The minimum absolute atomic E-state index is 0.318. The van der Waals surface area contributed by atoms with E-state index in [0.717, 1.165) is 12.5 Å². The summed E-state index contributed by atoms with van der Waals surface area (Å²) in [4.78, 5) is 12.0. The van der Waals surface area contributed by atoms with Crippen molar-refractivity contribution in [3.63, 3.8) is 0 Å². The van der Waals surface area contributed by atoms with Crippen LogP contribution in [0, 0.1) is 5.92 Å². The van der Waals surface area contributed by atoms with E-state index in [-0.39, 0.29) is 5.60 Å². The van der Waals surface area contributed by atoms with Gasteiger partial charge in [-0.15, -0.1) is 0 Å². The molecule has 0 aromatic rings. The van der Waals surface area contributed by atoms with Crippen molar-refractivity contribution in [2.45, 2.75) is 39.2 Å². The van der Waals surface area contributed by atoms with Crippen LogP contribution in [0.5, 0.6) is 0 Å². The zero-order chi connectivity index (χ0) is 12.6. The Morgan fingerprint density at radius 1 is 1.38 bits per heavy atom. The second kappa shape index (κ2) is 7.63. The van der Waals surface area contributed by atoms with Crippen LogP contribution in [-0.4, -0.2) is 43.7 Å². The molecule has 1 saturated heterocycles. The summed E-state index contributed by atoms with van der Waals surface area (Å²) in [6, 6.07) is 0. The van der Waals surface area contributed by atoms with Crippen molar-refractivity contribution in [2.24, 2.45) is 11.7 Å². The summed E-state index contributed by atoms with van der Waals surface area (Å²) >= 11 is 0. The van der Waals surface area contributed by atoms with Crippen LogP contribution in [0.4, 0.5) is 0 Å². The number of carbonyl (C=O) groups is 1. The van der Waals surface area contributed by atoms with E-state index in [1.165, 1.54) is 25.9 Å². The molecule has 0 aromatic heterocycles. The van der Waals surface area contributed by atoms with Crippen LogP contribution >= 0.6 is 0 Å². The number of hydrogen-bond acceptors (Lipinski definition) is 4. The molecular formula is C12H26N2O2. The molecule has 96 valence electrons. The molecule has 1 fully saturated rings. The summed E-state index contributed by atoms with van der Waals surface area (Å²) in [5, 5.41) is 0. The van der Waals surface area contributed by atoms with E-state index in [4.69, 9.17) is 5.73 Å². The van der Waals surface area contributed by atoms with Crippen LogP contribution in [0.1, 0.15) is 33.6 Å². The maximum atomic E-state index is 9.60. The van der Waals surface area contributed by atoms with Crippen LogP contribution in [0.25, 0.3) is 0 Å². The molecule has 0 aliphatic carbocycles. The molecule has 4 nitrogen and oxygen atoms in total. The zero-order valence-corrected chi connectivity index (χ0v) is 11.0.